The van der Waals surface area contributed by atoms with E-state index in [1.165, 1.54) is 11.8 Å². The quantitative estimate of drug-likeness (QED) is 0.459. The number of amides is 1. The van der Waals surface area contributed by atoms with E-state index < -0.39 is 11.9 Å². The Hall–Kier alpha value is -2.86. The van der Waals surface area contributed by atoms with Crippen molar-refractivity contribution in [1.82, 2.24) is 0 Å². The molecule has 2 aromatic carbocycles. The summed E-state index contributed by atoms with van der Waals surface area (Å²) in [6.45, 7) is 0. The summed E-state index contributed by atoms with van der Waals surface area (Å²) in [6.07, 6.45) is 1.72. The van der Waals surface area contributed by atoms with E-state index in [2.05, 4.69) is 5.32 Å². The minimum absolute atomic E-state index is 0.0526. The second kappa shape index (κ2) is 8.69. The topological polar surface area (TPSA) is 83.5 Å². The zero-order valence-corrected chi connectivity index (χ0v) is 13.5. The molecule has 1 amide bonds. The second-order valence-corrected chi connectivity index (χ2v) is 5.81. The van der Waals surface area contributed by atoms with Crippen LogP contribution in [0.5, 0.6) is 0 Å². The molecule has 5 nitrogen and oxygen atoms in total. The largest absolute Gasteiger partial charge is 0.478 e. The predicted molar refractivity (Wildman–Crippen MR) is 93.3 cm³/mol. The smallest absolute Gasteiger partial charge is 0.328 e. The summed E-state index contributed by atoms with van der Waals surface area (Å²) in [5, 5.41) is 11.0. The SMILES string of the molecule is O=C(O)/C=C/C(=O)Nc1ccc(SCC(=O)c2ccccc2)cc1. The Bertz CT molecular complexity index is 754. The Kier molecular flexibility index (Phi) is 6.33. The predicted octanol–water partition coefficient (Wildman–Crippen LogP) is 3.24. The van der Waals surface area contributed by atoms with Gasteiger partial charge in [-0.15, -0.1) is 11.8 Å². The highest BCUT2D eigenvalue weighted by Crippen LogP contribution is 2.21. The number of carbonyl (C=O) groups is 3. The van der Waals surface area contributed by atoms with Crippen molar-refractivity contribution >= 4 is 35.1 Å². The van der Waals surface area contributed by atoms with Crippen LogP contribution < -0.4 is 5.32 Å². The van der Waals surface area contributed by atoms with Crippen LogP contribution in [-0.4, -0.2) is 28.5 Å². The van der Waals surface area contributed by atoms with Gasteiger partial charge in [0.1, 0.15) is 0 Å². The molecule has 0 aliphatic carbocycles. The monoisotopic (exact) mass is 341 g/mol. The zero-order valence-electron chi connectivity index (χ0n) is 12.6. The molecule has 2 N–H and O–H groups in total. The fourth-order valence-electron chi connectivity index (χ4n) is 1.82. The van der Waals surface area contributed by atoms with Gasteiger partial charge in [0.05, 0.1) is 5.75 Å². The number of benzene rings is 2. The first-order chi connectivity index (χ1) is 11.5. The van der Waals surface area contributed by atoms with Crippen molar-refractivity contribution in [1.29, 1.82) is 0 Å². The van der Waals surface area contributed by atoms with Crippen LogP contribution in [0.25, 0.3) is 0 Å². The molecule has 0 aliphatic heterocycles. The number of Topliss-reactive ketones (excluding diaryl/α,β-unsaturated/α-hetero) is 1. The van der Waals surface area contributed by atoms with E-state index in [1.807, 2.05) is 18.2 Å². The van der Waals surface area contributed by atoms with E-state index in [-0.39, 0.29) is 5.78 Å². The molecule has 6 heteroatoms. The highest BCUT2D eigenvalue weighted by Gasteiger charge is 2.06. The molecule has 0 saturated carbocycles. The van der Waals surface area contributed by atoms with E-state index in [0.717, 1.165) is 17.0 Å². The van der Waals surface area contributed by atoms with E-state index >= 15 is 0 Å². The van der Waals surface area contributed by atoms with Crippen molar-refractivity contribution in [2.75, 3.05) is 11.1 Å². The van der Waals surface area contributed by atoms with Crippen molar-refractivity contribution in [2.45, 2.75) is 4.90 Å². The Morgan fingerprint density at radius 2 is 1.62 bits per heavy atom. The lowest BCUT2D eigenvalue weighted by Gasteiger charge is -2.05. The Morgan fingerprint density at radius 3 is 2.25 bits per heavy atom. The van der Waals surface area contributed by atoms with Crippen molar-refractivity contribution in [3.05, 3.63) is 72.3 Å². The first-order valence-corrected chi connectivity index (χ1v) is 8.06. The summed E-state index contributed by atoms with van der Waals surface area (Å²) in [5.41, 5.74) is 1.23. The number of hydrogen-bond donors (Lipinski definition) is 2. The Morgan fingerprint density at radius 1 is 0.958 bits per heavy atom. The maximum atomic E-state index is 12.0. The first-order valence-electron chi connectivity index (χ1n) is 7.08. The van der Waals surface area contributed by atoms with Crippen molar-refractivity contribution < 1.29 is 19.5 Å². The number of ketones is 1. The highest BCUT2D eigenvalue weighted by molar-refractivity contribution is 8.00. The fourth-order valence-corrected chi connectivity index (χ4v) is 2.61. The molecule has 0 bridgehead atoms. The van der Waals surface area contributed by atoms with Gasteiger partial charge in [-0.2, -0.15) is 0 Å². The van der Waals surface area contributed by atoms with Crippen molar-refractivity contribution in [2.24, 2.45) is 0 Å². The summed E-state index contributed by atoms with van der Waals surface area (Å²) >= 11 is 1.41. The lowest BCUT2D eigenvalue weighted by atomic mass is 10.2. The van der Waals surface area contributed by atoms with Crippen LogP contribution in [0.3, 0.4) is 0 Å². The van der Waals surface area contributed by atoms with Crippen LogP contribution in [0.1, 0.15) is 10.4 Å². The lowest BCUT2D eigenvalue weighted by Crippen LogP contribution is -2.08. The summed E-state index contributed by atoms with van der Waals surface area (Å²) in [6, 6.07) is 16.1. The molecule has 2 rings (SSSR count). The fraction of sp³-hybridized carbons (Fsp3) is 0.0556. The molecule has 0 atom stereocenters. The van der Waals surface area contributed by atoms with Crippen molar-refractivity contribution in [3.8, 4) is 0 Å². The molecule has 0 saturated heterocycles. The van der Waals surface area contributed by atoms with Gasteiger partial charge in [-0.05, 0) is 24.3 Å². The van der Waals surface area contributed by atoms with E-state index in [9.17, 15) is 14.4 Å². The standard InChI is InChI=1S/C18H15NO4S/c20-16(13-4-2-1-3-5-13)12-24-15-8-6-14(7-9-15)19-17(21)10-11-18(22)23/h1-11H,12H2,(H,19,21)(H,22,23)/b11-10+. The van der Waals surface area contributed by atoms with Crippen LogP contribution in [0.15, 0.2) is 71.6 Å². The molecule has 0 heterocycles. The Labute approximate surface area is 143 Å². The summed E-state index contributed by atoms with van der Waals surface area (Å²) in [5.74, 6) is -1.31. The molecule has 0 spiro atoms. The van der Waals surface area contributed by atoms with Crippen LogP contribution in [0.2, 0.25) is 0 Å². The van der Waals surface area contributed by atoms with E-state index in [0.29, 0.717) is 17.0 Å². The van der Waals surface area contributed by atoms with Crippen LogP contribution in [0, 0.1) is 0 Å². The van der Waals surface area contributed by atoms with E-state index in [1.54, 1.807) is 36.4 Å². The minimum Gasteiger partial charge on any atom is -0.478 e. The molecule has 0 unspecified atom stereocenters. The molecule has 2 aromatic rings. The number of anilines is 1. The maximum Gasteiger partial charge on any atom is 0.328 e. The number of aliphatic carboxylic acids is 1. The van der Waals surface area contributed by atoms with Gasteiger partial charge in [-0.25, -0.2) is 4.79 Å². The normalized spacial score (nSPS) is 10.5. The van der Waals surface area contributed by atoms with Gasteiger partial charge in [0.2, 0.25) is 5.91 Å². The van der Waals surface area contributed by atoms with E-state index in [4.69, 9.17) is 5.11 Å². The third-order valence-electron chi connectivity index (χ3n) is 2.96. The van der Waals surface area contributed by atoms with Gasteiger partial charge in [0, 0.05) is 28.3 Å². The first kappa shape index (κ1) is 17.5. The summed E-state index contributed by atoms with van der Waals surface area (Å²) in [7, 11) is 0. The number of rotatable bonds is 7. The Balaban J connectivity index is 1.87. The third kappa shape index (κ3) is 5.73. The van der Waals surface area contributed by atoms with Gasteiger partial charge >= 0.3 is 5.97 Å². The zero-order chi connectivity index (χ0) is 17.4. The number of carbonyl (C=O) groups excluding carboxylic acids is 2. The number of carboxylic acids is 1. The number of hydrogen-bond acceptors (Lipinski definition) is 4. The lowest BCUT2D eigenvalue weighted by molar-refractivity contribution is -0.131. The molecule has 24 heavy (non-hydrogen) atoms. The molecule has 0 radical (unpaired) electrons. The second-order valence-electron chi connectivity index (χ2n) is 4.76. The van der Waals surface area contributed by atoms with Gasteiger partial charge < -0.3 is 10.4 Å². The molecule has 0 aliphatic rings. The highest BCUT2D eigenvalue weighted by atomic mass is 32.2. The van der Waals surface area contributed by atoms with Gasteiger partial charge in [-0.1, -0.05) is 30.3 Å². The van der Waals surface area contributed by atoms with Crippen molar-refractivity contribution in [3.63, 3.8) is 0 Å². The molecular weight excluding hydrogens is 326 g/mol. The van der Waals surface area contributed by atoms with Gasteiger partial charge in [-0.3, -0.25) is 9.59 Å². The summed E-state index contributed by atoms with van der Waals surface area (Å²) in [4.78, 5) is 34.7. The molecule has 0 fully saturated rings. The number of thioether (sulfide) groups is 1. The van der Waals surface area contributed by atoms with Crippen LogP contribution >= 0.6 is 11.8 Å². The molecular formula is C18H15NO4S. The molecule has 122 valence electrons. The third-order valence-corrected chi connectivity index (χ3v) is 3.98. The number of nitrogens with one attached hydrogen (secondary N) is 1. The maximum absolute atomic E-state index is 12.0. The van der Waals surface area contributed by atoms with Crippen LogP contribution in [-0.2, 0) is 9.59 Å². The van der Waals surface area contributed by atoms with Gasteiger partial charge in [0.15, 0.2) is 5.78 Å². The average Bonchev–Trinajstić information content (AvgIpc) is 2.60. The van der Waals surface area contributed by atoms with Crippen LogP contribution in [0.4, 0.5) is 5.69 Å². The summed E-state index contributed by atoms with van der Waals surface area (Å²) < 4.78 is 0. The average molecular weight is 341 g/mol. The number of carboxylic acid groups (broad SMARTS) is 1. The van der Waals surface area contributed by atoms with Gasteiger partial charge in [0.25, 0.3) is 0 Å². The minimum atomic E-state index is -1.18. The molecule has 0 aromatic heterocycles.